The predicted molar refractivity (Wildman–Crippen MR) is 98.8 cm³/mol. The lowest BCUT2D eigenvalue weighted by atomic mass is 10.1. The van der Waals surface area contributed by atoms with Gasteiger partial charge in [0.05, 0.1) is 30.4 Å². The molecule has 0 fully saturated rings. The second-order valence-corrected chi connectivity index (χ2v) is 5.34. The number of benzene rings is 2. The number of carbonyl (C=O) groups excluding carboxylic acids is 2. The summed E-state index contributed by atoms with van der Waals surface area (Å²) in [6.45, 7) is 4.24. The summed E-state index contributed by atoms with van der Waals surface area (Å²) in [6.07, 6.45) is 0. The summed E-state index contributed by atoms with van der Waals surface area (Å²) in [6, 6.07) is 12.9. The van der Waals surface area contributed by atoms with Crippen molar-refractivity contribution in [2.75, 3.05) is 25.1 Å². The molecule has 0 atom stereocenters. The van der Waals surface area contributed by atoms with Crippen LogP contribution >= 0.6 is 0 Å². The third-order valence-corrected chi connectivity index (χ3v) is 3.41. The van der Waals surface area contributed by atoms with Gasteiger partial charge in [-0.1, -0.05) is 0 Å². The van der Waals surface area contributed by atoms with Crippen molar-refractivity contribution in [2.45, 2.75) is 13.8 Å². The van der Waals surface area contributed by atoms with Gasteiger partial charge in [0.2, 0.25) is 0 Å². The highest BCUT2D eigenvalue weighted by atomic mass is 16.5. The third kappa shape index (κ3) is 5.75. The van der Waals surface area contributed by atoms with Crippen LogP contribution in [-0.2, 0) is 9.53 Å². The number of hydrogen-bond acceptors (Lipinski definition) is 6. The maximum absolute atomic E-state index is 12.0. The average molecular weight is 368 g/mol. The van der Waals surface area contributed by atoms with Crippen LogP contribution in [0.1, 0.15) is 29.8 Å². The van der Waals surface area contributed by atoms with Crippen molar-refractivity contribution in [3.05, 3.63) is 53.6 Å². The minimum Gasteiger partial charge on any atom is -0.490 e. The molecular weight excluding hydrogens is 348 g/mol. The van der Waals surface area contributed by atoms with Crippen LogP contribution in [0, 0.1) is 11.3 Å². The van der Waals surface area contributed by atoms with Crippen LogP contribution in [0.5, 0.6) is 11.5 Å². The number of nitrogens with one attached hydrogen (secondary N) is 1. The van der Waals surface area contributed by atoms with Crippen LogP contribution in [0.25, 0.3) is 0 Å². The van der Waals surface area contributed by atoms with E-state index < -0.39 is 18.5 Å². The maximum atomic E-state index is 12.0. The van der Waals surface area contributed by atoms with Gasteiger partial charge in [-0.2, -0.15) is 5.26 Å². The van der Waals surface area contributed by atoms with Crippen molar-refractivity contribution in [1.29, 1.82) is 5.26 Å². The lowest BCUT2D eigenvalue weighted by molar-refractivity contribution is -0.119. The highest BCUT2D eigenvalue weighted by Crippen LogP contribution is 2.30. The molecule has 0 aliphatic rings. The molecule has 140 valence electrons. The summed E-state index contributed by atoms with van der Waals surface area (Å²) >= 11 is 0. The van der Waals surface area contributed by atoms with E-state index in [9.17, 15) is 9.59 Å². The van der Waals surface area contributed by atoms with Crippen molar-refractivity contribution in [1.82, 2.24) is 0 Å². The molecule has 1 N–H and O–H groups in total. The Balaban J connectivity index is 1.93. The summed E-state index contributed by atoms with van der Waals surface area (Å²) in [5.74, 6) is -0.0173. The van der Waals surface area contributed by atoms with E-state index in [1.807, 2.05) is 19.9 Å². The number of amides is 1. The molecule has 7 nitrogen and oxygen atoms in total. The van der Waals surface area contributed by atoms with Gasteiger partial charge < -0.3 is 19.5 Å². The molecule has 0 radical (unpaired) electrons. The Morgan fingerprint density at radius 3 is 2.30 bits per heavy atom. The van der Waals surface area contributed by atoms with Crippen molar-refractivity contribution in [3.8, 4) is 17.6 Å². The summed E-state index contributed by atoms with van der Waals surface area (Å²) in [5, 5.41) is 11.4. The zero-order chi connectivity index (χ0) is 19.6. The predicted octanol–water partition coefficient (Wildman–Crippen LogP) is 3.15. The molecule has 7 heteroatoms. The first kappa shape index (κ1) is 19.8. The molecule has 1 amide bonds. The van der Waals surface area contributed by atoms with E-state index in [4.69, 9.17) is 19.5 Å². The molecule has 2 rings (SSSR count). The molecule has 2 aromatic carbocycles. The third-order valence-electron chi connectivity index (χ3n) is 3.41. The molecule has 0 spiro atoms. The zero-order valence-corrected chi connectivity index (χ0v) is 15.2. The molecule has 0 saturated carbocycles. The lowest BCUT2D eigenvalue weighted by Gasteiger charge is -2.13. The number of hydrogen-bond donors (Lipinski definition) is 1. The van der Waals surface area contributed by atoms with E-state index in [1.54, 1.807) is 18.2 Å². The first-order chi connectivity index (χ1) is 13.1. The maximum Gasteiger partial charge on any atom is 0.338 e. The molecule has 0 heterocycles. The Hall–Kier alpha value is -3.53. The second-order valence-electron chi connectivity index (χ2n) is 5.34. The first-order valence-corrected chi connectivity index (χ1v) is 8.44. The highest BCUT2D eigenvalue weighted by molar-refractivity contribution is 5.95. The van der Waals surface area contributed by atoms with E-state index in [1.165, 1.54) is 24.3 Å². The van der Waals surface area contributed by atoms with Crippen LogP contribution < -0.4 is 14.8 Å². The van der Waals surface area contributed by atoms with Gasteiger partial charge in [-0.05, 0) is 50.2 Å². The van der Waals surface area contributed by atoms with Gasteiger partial charge in [0, 0.05) is 11.8 Å². The zero-order valence-electron chi connectivity index (χ0n) is 15.2. The molecule has 27 heavy (non-hydrogen) atoms. The molecule has 2 aromatic rings. The number of nitriles is 1. The monoisotopic (exact) mass is 368 g/mol. The van der Waals surface area contributed by atoms with Gasteiger partial charge in [0.25, 0.3) is 5.91 Å². The number of carbonyl (C=O) groups is 2. The van der Waals surface area contributed by atoms with Gasteiger partial charge in [0.1, 0.15) is 0 Å². The van der Waals surface area contributed by atoms with Crippen LogP contribution in [0.15, 0.2) is 42.5 Å². The first-order valence-electron chi connectivity index (χ1n) is 8.44. The molecule has 0 aliphatic carbocycles. The number of esters is 1. The van der Waals surface area contributed by atoms with Crippen LogP contribution in [0.3, 0.4) is 0 Å². The van der Waals surface area contributed by atoms with E-state index in [0.29, 0.717) is 36.0 Å². The average Bonchev–Trinajstić information content (AvgIpc) is 2.68. The van der Waals surface area contributed by atoms with Crippen LogP contribution in [-0.4, -0.2) is 31.7 Å². The number of rotatable bonds is 8. The largest absolute Gasteiger partial charge is 0.490 e. The minimum atomic E-state index is -0.642. The van der Waals surface area contributed by atoms with Gasteiger partial charge in [-0.25, -0.2) is 4.79 Å². The van der Waals surface area contributed by atoms with Crippen molar-refractivity contribution in [3.63, 3.8) is 0 Å². The lowest BCUT2D eigenvalue weighted by Crippen LogP contribution is -2.21. The van der Waals surface area contributed by atoms with Gasteiger partial charge in [-0.3, -0.25) is 4.79 Å². The van der Waals surface area contributed by atoms with Crippen LogP contribution in [0.2, 0.25) is 0 Å². The Labute approximate surface area is 157 Å². The number of ether oxygens (including phenoxy) is 3. The Kier molecular flexibility index (Phi) is 7.20. The van der Waals surface area contributed by atoms with E-state index >= 15 is 0 Å². The molecule has 0 bridgehead atoms. The molecule has 0 aliphatic heterocycles. The van der Waals surface area contributed by atoms with Crippen molar-refractivity contribution < 1.29 is 23.8 Å². The van der Waals surface area contributed by atoms with Crippen molar-refractivity contribution >= 4 is 17.6 Å². The second kappa shape index (κ2) is 9.82. The fourth-order valence-corrected chi connectivity index (χ4v) is 2.22. The molecule has 0 unspecified atom stereocenters. The molecular formula is C20H20N2O5. The SMILES string of the molecule is CCOc1ccc(NC(=O)COC(=O)c2ccc(C#N)cc2)cc1OCC. The van der Waals surface area contributed by atoms with Gasteiger partial charge >= 0.3 is 5.97 Å². The standard InChI is InChI=1S/C20H20N2O5/c1-3-25-17-10-9-16(11-18(17)26-4-2)22-19(23)13-27-20(24)15-7-5-14(12-21)6-8-15/h5-11H,3-4,13H2,1-2H3,(H,22,23). The normalized spacial score (nSPS) is 9.81. The smallest absolute Gasteiger partial charge is 0.338 e. The Morgan fingerprint density at radius 2 is 1.67 bits per heavy atom. The van der Waals surface area contributed by atoms with E-state index in [2.05, 4.69) is 5.32 Å². The summed E-state index contributed by atoms with van der Waals surface area (Å²) in [7, 11) is 0. The quantitative estimate of drug-likeness (QED) is 0.719. The summed E-state index contributed by atoms with van der Waals surface area (Å²) in [5.41, 5.74) is 1.20. The number of anilines is 1. The fourth-order valence-electron chi connectivity index (χ4n) is 2.22. The van der Waals surface area contributed by atoms with Gasteiger partial charge in [0.15, 0.2) is 18.1 Å². The molecule has 0 saturated heterocycles. The van der Waals surface area contributed by atoms with E-state index in [0.717, 1.165) is 0 Å². The Bertz CT molecular complexity index is 840. The minimum absolute atomic E-state index is 0.265. The van der Waals surface area contributed by atoms with E-state index in [-0.39, 0.29) is 5.56 Å². The van der Waals surface area contributed by atoms with Crippen molar-refractivity contribution in [2.24, 2.45) is 0 Å². The summed E-state index contributed by atoms with van der Waals surface area (Å²) in [4.78, 5) is 24.0. The molecule has 0 aromatic heterocycles. The summed E-state index contributed by atoms with van der Waals surface area (Å²) < 4.78 is 16.0. The van der Waals surface area contributed by atoms with Crippen LogP contribution in [0.4, 0.5) is 5.69 Å². The topological polar surface area (TPSA) is 97.6 Å². The fraction of sp³-hybridized carbons (Fsp3) is 0.250. The Morgan fingerprint density at radius 1 is 1.00 bits per heavy atom. The van der Waals surface area contributed by atoms with Gasteiger partial charge in [-0.15, -0.1) is 0 Å². The number of nitrogens with zero attached hydrogens (tertiary/aromatic N) is 1. The highest BCUT2D eigenvalue weighted by Gasteiger charge is 2.12.